The second-order valence-electron chi connectivity index (χ2n) is 8.51. The van der Waals surface area contributed by atoms with E-state index in [-0.39, 0.29) is 24.8 Å². The van der Waals surface area contributed by atoms with E-state index < -0.39 is 0 Å². The molecule has 2 fully saturated rings. The summed E-state index contributed by atoms with van der Waals surface area (Å²) in [6.45, 7) is 8.00. The van der Waals surface area contributed by atoms with Gasteiger partial charge in [0, 0.05) is 12.1 Å². The van der Waals surface area contributed by atoms with E-state index in [0.29, 0.717) is 10.0 Å². The molecule has 3 rings (SSSR count). The third-order valence-corrected chi connectivity index (χ3v) is 7.28. The molecular weight excluding hydrogens is 462 g/mol. The fraction of sp³-hybridized carbons (Fsp3) is 0.739. The van der Waals surface area contributed by atoms with Gasteiger partial charge in [-0.1, -0.05) is 43.0 Å². The lowest BCUT2D eigenvalue weighted by atomic mass is 9.85. The maximum Gasteiger partial charge on any atom is 0.120 e. The summed E-state index contributed by atoms with van der Waals surface area (Å²) in [6, 6.07) is 6.28. The van der Waals surface area contributed by atoms with E-state index in [0.717, 1.165) is 36.7 Å². The number of rotatable bonds is 9. The van der Waals surface area contributed by atoms with E-state index in [2.05, 4.69) is 17.1 Å². The van der Waals surface area contributed by atoms with Gasteiger partial charge in [0.1, 0.15) is 5.75 Å². The van der Waals surface area contributed by atoms with Crippen LogP contribution >= 0.6 is 48.0 Å². The van der Waals surface area contributed by atoms with Crippen LogP contribution in [0, 0.1) is 11.8 Å². The van der Waals surface area contributed by atoms with Crippen LogP contribution in [0.3, 0.4) is 0 Å². The van der Waals surface area contributed by atoms with E-state index in [4.69, 9.17) is 27.9 Å². The molecule has 0 aromatic heterocycles. The molecule has 174 valence electrons. The Labute approximate surface area is 205 Å². The van der Waals surface area contributed by atoms with Crippen molar-refractivity contribution in [2.45, 2.75) is 64.3 Å². The largest absolute Gasteiger partial charge is 0.494 e. The summed E-state index contributed by atoms with van der Waals surface area (Å²) in [4.78, 5) is 2.81. The molecule has 2 heterocycles. The Morgan fingerprint density at radius 3 is 2.53 bits per heavy atom. The SMILES string of the molecule is CCCCC(C1CCCNC1)N1CCC(CCOc2ccc(Cl)c(Cl)c2)CC1.Cl.Cl. The van der Waals surface area contributed by atoms with E-state index in [1.54, 1.807) is 6.07 Å². The number of likely N-dealkylation sites (tertiary alicyclic amines) is 1. The molecule has 2 saturated heterocycles. The Balaban J connectivity index is 0.00000225. The van der Waals surface area contributed by atoms with Crippen LogP contribution in [0.25, 0.3) is 0 Å². The number of hydrogen-bond acceptors (Lipinski definition) is 3. The monoisotopic (exact) mass is 498 g/mol. The number of benzene rings is 1. The minimum Gasteiger partial charge on any atom is -0.494 e. The van der Waals surface area contributed by atoms with Gasteiger partial charge in [-0.25, -0.2) is 0 Å². The molecule has 2 aliphatic rings. The molecule has 2 atom stereocenters. The van der Waals surface area contributed by atoms with Crippen molar-refractivity contribution >= 4 is 48.0 Å². The van der Waals surface area contributed by atoms with Crippen molar-refractivity contribution in [3.05, 3.63) is 28.2 Å². The van der Waals surface area contributed by atoms with E-state index in [1.807, 2.05) is 12.1 Å². The van der Waals surface area contributed by atoms with Crippen LogP contribution in [0.15, 0.2) is 18.2 Å². The first-order chi connectivity index (χ1) is 13.7. The quantitative estimate of drug-likeness (QED) is 0.400. The first-order valence-electron chi connectivity index (χ1n) is 11.2. The first-order valence-corrected chi connectivity index (χ1v) is 12.0. The molecule has 0 radical (unpaired) electrons. The molecular formula is C23H38Cl4N2O. The molecule has 3 nitrogen and oxygen atoms in total. The second-order valence-corrected chi connectivity index (χ2v) is 9.32. The molecule has 0 aliphatic carbocycles. The molecule has 0 spiro atoms. The van der Waals surface area contributed by atoms with Gasteiger partial charge in [0.2, 0.25) is 0 Å². The average Bonchev–Trinajstić information content (AvgIpc) is 2.73. The number of nitrogens with one attached hydrogen (secondary N) is 1. The predicted molar refractivity (Wildman–Crippen MR) is 134 cm³/mol. The van der Waals surface area contributed by atoms with Gasteiger partial charge in [-0.15, -0.1) is 24.8 Å². The third-order valence-electron chi connectivity index (χ3n) is 6.54. The molecule has 30 heavy (non-hydrogen) atoms. The summed E-state index contributed by atoms with van der Waals surface area (Å²) in [5, 5.41) is 4.76. The number of hydrogen-bond donors (Lipinski definition) is 1. The van der Waals surface area contributed by atoms with E-state index >= 15 is 0 Å². The van der Waals surface area contributed by atoms with Gasteiger partial charge in [0.05, 0.1) is 16.7 Å². The van der Waals surface area contributed by atoms with Crippen LogP contribution in [0.2, 0.25) is 10.0 Å². The van der Waals surface area contributed by atoms with Crippen LogP contribution in [0.1, 0.15) is 58.3 Å². The normalized spacial score (nSPS) is 21.4. The molecule has 1 aromatic carbocycles. The number of nitrogens with zero attached hydrogens (tertiary/aromatic N) is 1. The van der Waals surface area contributed by atoms with Crippen LogP contribution in [-0.4, -0.2) is 43.7 Å². The van der Waals surface area contributed by atoms with Gasteiger partial charge in [-0.3, -0.25) is 0 Å². The zero-order valence-electron chi connectivity index (χ0n) is 18.1. The molecule has 0 amide bonds. The van der Waals surface area contributed by atoms with Crippen LogP contribution in [0.4, 0.5) is 0 Å². The third kappa shape index (κ3) is 8.56. The highest BCUT2D eigenvalue weighted by atomic mass is 35.5. The van der Waals surface area contributed by atoms with Crippen molar-refractivity contribution in [2.24, 2.45) is 11.8 Å². The summed E-state index contributed by atoms with van der Waals surface area (Å²) >= 11 is 12.0. The van der Waals surface area contributed by atoms with E-state index in [9.17, 15) is 0 Å². The highest BCUT2D eigenvalue weighted by Gasteiger charge is 2.31. The number of unbranched alkanes of at least 4 members (excludes halogenated alkanes) is 1. The lowest BCUT2D eigenvalue weighted by molar-refractivity contribution is 0.0716. The zero-order valence-corrected chi connectivity index (χ0v) is 21.2. The fourth-order valence-corrected chi connectivity index (χ4v) is 5.11. The maximum absolute atomic E-state index is 6.07. The fourth-order valence-electron chi connectivity index (χ4n) is 4.82. The zero-order chi connectivity index (χ0) is 19.8. The van der Waals surface area contributed by atoms with Gasteiger partial charge < -0.3 is 15.0 Å². The summed E-state index contributed by atoms with van der Waals surface area (Å²) < 4.78 is 5.90. The van der Waals surface area contributed by atoms with E-state index in [1.165, 1.54) is 71.1 Å². The minimum absolute atomic E-state index is 0. The Kier molecular flexibility index (Phi) is 14.1. The smallest absolute Gasteiger partial charge is 0.120 e. The van der Waals surface area contributed by atoms with Crippen LogP contribution < -0.4 is 10.1 Å². The highest BCUT2D eigenvalue weighted by molar-refractivity contribution is 6.42. The topological polar surface area (TPSA) is 24.5 Å². The number of piperidine rings is 2. The van der Waals surface area contributed by atoms with Crippen LogP contribution in [-0.2, 0) is 0 Å². The number of ether oxygens (including phenoxy) is 1. The minimum atomic E-state index is 0. The van der Waals surface area contributed by atoms with Gasteiger partial charge >= 0.3 is 0 Å². The number of halogens is 4. The Morgan fingerprint density at radius 1 is 1.13 bits per heavy atom. The van der Waals surface area contributed by atoms with Crippen LogP contribution in [0.5, 0.6) is 5.75 Å². The Hall–Kier alpha value is 0.1000. The van der Waals surface area contributed by atoms with Crippen molar-refractivity contribution in [2.75, 3.05) is 32.8 Å². The lowest BCUT2D eigenvalue weighted by Gasteiger charge is -2.42. The predicted octanol–water partition coefficient (Wildman–Crippen LogP) is 6.88. The van der Waals surface area contributed by atoms with Crippen molar-refractivity contribution < 1.29 is 4.74 Å². The summed E-state index contributed by atoms with van der Waals surface area (Å²) in [7, 11) is 0. The van der Waals surface area contributed by atoms with Crippen molar-refractivity contribution in [1.29, 1.82) is 0 Å². The second kappa shape index (κ2) is 15.0. The average molecular weight is 500 g/mol. The van der Waals surface area contributed by atoms with Crippen molar-refractivity contribution in [3.63, 3.8) is 0 Å². The Bertz CT molecular complexity index is 591. The molecule has 7 heteroatoms. The summed E-state index contributed by atoms with van der Waals surface area (Å²) in [5.74, 6) is 2.43. The highest BCUT2D eigenvalue weighted by Crippen LogP contribution is 2.30. The van der Waals surface area contributed by atoms with Gasteiger partial charge in [-0.05, 0) is 88.7 Å². The molecule has 0 saturated carbocycles. The summed E-state index contributed by atoms with van der Waals surface area (Å²) in [6.07, 6.45) is 10.5. The maximum atomic E-state index is 6.07. The molecule has 1 N–H and O–H groups in total. The first kappa shape index (κ1) is 28.1. The van der Waals surface area contributed by atoms with Crippen molar-refractivity contribution in [3.8, 4) is 5.75 Å². The Morgan fingerprint density at radius 2 is 1.90 bits per heavy atom. The molecule has 1 aromatic rings. The molecule has 0 bridgehead atoms. The van der Waals surface area contributed by atoms with Gasteiger partial charge in [-0.2, -0.15) is 0 Å². The molecule has 2 unspecified atom stereocenters. The van der Waals surface area contributed by atoms with Gasteiger partial charge in [0.15, 0.2) is 0 Å². The summed E-state index contributed by atoms with van der Waals surface area (Å²) in [5.41, 5.74) is 0. The van der Waals surface area contributed by atoms with Crippen molar-refractivity contribution in [1.82, 2.24) is 10.2 Å². The van der Waals surface area contributed by atoms with Gasteiger partial charge in [0.25, 0.3) is 0 Å². The standard InChI is InChI=1S/C23H36Cl2N2O.2ClH/c1-2-3-6-23(19-5-4-12-26-17-19)27-13-9-18(10-14-27)11-15-28-20-7-8-21(24)22(25)16-20;;/h7-8,16,18-19,23,26H,2-6,9-15,17H2,1H3;2*1H. The lowest BCUT2D eigenvalue weighted by Crippen LogP contribution is -2.49. The molecule has 2 aliphatic heterocycles.